The normalized spacial score (nSPS) is 17.6. The van der Waals surface area contributed by atoms with Gasteiger partial charge in [-0.2, -0.15) is 0 Å². The Morgan fingerprint density at radius 3 is 2.74 bits per heavy atom. The van der Waals surface area contributed by atoms with Crippen LogP contribution in [-0.2, 0) is 4.79 Å². The van der Waals surface area contributed by atoms with Gasteiger partial charge in [0, 0.05) is 12.1 Å². The van der Waals surface area contributed by atoms with E-state index < -0.39 is 11.4 Å². The predicted molar refractivity (Wildman–Crippen MR) is 72.2 cm³/mol. The molecule has 1 saturated carbocycles. The molecule has 3 N–H and O–H groups in total. The van der Waals surface area contributed by atoms with Crippen LogP contribution in [0.4, 0.5) is 0 Å². The van der Waals surface area contributed by atoms with Gasteiger partial charge in [0.15, 0.2) is 0 Å². The lowest BCUT2D eigenvalue weighted by atomic mass is 10.0. The molecule has 1 fully saturated rings. The number of rotatable bonds is 7. The lowest BCUT2D eigenvalue weighted by Crippen LogP contribution is -2.57. The third kappa shape index (κ3) is 3.61. The van der Waals surface area contributed by atoms with Crippen LogP contribution in [0.1, 0.15) is 19.8 Å². The summed E-state index contributed by atoms with van der Waals surface area (Å²) in [7, 11) is 1.60. The highest BCUT2D eigenvalue weighted by Crippen LogP contribution is 2.24. The zero-order valence-corrected chi connectivity index (χ0v) is 11.3. The standard InChI is InChI=1S/C14H20N2O3/c1-14(13(15)17,16-10-6-7-10)9-19-12-5-3-4-11(8-12)18-2/h3-5,8,10,16H,6-7,9H2,1-2H3,(H2,15,17). The zero-order chi connectivity index (χ0) is 13.9. The number of benzene rings is 1. The zero-order valence-electron chi connectivity index (χ0n) is 11.3. The highest BCUT2D eigenvalue weighted by Gasteiger charge is 2.37. The van der Waals surface area contributed by atoms with Crippen LogP contribution in [0.2, 0.25) is 0 Å². The number of carbonyl (C=O) groups is 1. The third-order valence-corrected chi connectivity index (χ3v) is 3.21. The molecule has 0 spiro atoms. The summed E-state index contributed by atoms with van der Waals surface area (Å²) in [5.41, 5.74) is 4.62. The van der Waals surface area contributed by atoms with Gasteiger partial charge in [0.25, 0.3) is 0 Å². The van der Waals surface area contributed by atoms with E-state index in [0.29, 0.717) is 17.5 Å². The molecule has 1 atom stereocenters. The summed E-state index contributed by atoms with van der Waals surface area (Å²) in [6.45, 7) is 1.97. The van der Waals surface area contributed by atoms with Gasteiger partial charge in [-0.15, -0.1) is 0 Å². The number of methoxy groups -OCH3 is 1. The summed E-state index contributed by atoms with van der Waals surface area (Å²) in [6.07, 6.45) is 2.17. The van der Waals surface area contributed by atoms with E-state index in [0.717, 1.165) is 12.8 Å². The second-order valence-electron chi connectivity index (χ2n) is 5.08. The second kappa shape index (κ2) is 5.48. The van der Waals surface area contributed by atoms with E-state index in [1.807, 2.05) is 18.2 Å². The first-order valence-electron chi connectivity index (χ1n) is 6.38. The van der Waals surface area contributed by atoms with Crippen LogP contribution in [0.3, 0.4) is 0 Å². The maximum Gasteiger partial charge on any atom is 0.240 e. The van der Waals surface area contributed by atoms with Gasteiger partial charge < -0.3 is 15.2 Å². The fourth-order valence-corrected chi connectivity index (χ4v) is 1.78. The Kier molecular flexibility index (Phi) is 3.95. The molecule has 0 aliphatic heterocycles. The Morgan fingerprint density at radius 2 is 2.16 bits per heavy atom. The van der Waals surface area contributed by atoms with Crippen molar-refractivity contribution >= 4 is 5.91 Å². The predicted octanol–water partition coefficient (Wildman–Crippen LogP) is 1.07. The van der Waals surface area contributed by atoms with Crippen LogP contribution in [0.5, 0.6) is 11.5 Å². The quantitative estimate of drug-likeness (QED) is 0.772. The molecule has 19 heavy (non-hydrogen) atoms. The Morgan fingerprint density at radius 1 is 1.47 bits per heavy atom. The fraction of sp³-hybridized carbons (Fsp3) is 0.500. The van der Waals surface area contributed by atoms with Gasteiger partial charge in [0.1, 0.15) is 23.6 Å². The molecule has 0 heterocycles. The second-order valence-corrected chi connectivity index (χ2v) is 5.08. The van der Waals surface area contributed by atoms with Gasteiger partial charge >= 0.3 is 0 Å². The molecule has 1 aromatic carbocycles. The summed E-state index contributed by atoms with van der Waals surface area (Å²) in [5.74, 6) is 0.972. The monoisotopic (exact) mass is 264 g/mol. The molecule has 2 rings (SSSR count). The van der Waals surface area contributed by atoms with Gasteiger partial charge in [0.2, 0.25) is 5.91 Å². The number of nitrogens with one attached hydrogen (secondary N) is 1. The van der Waals surface area contributed by atoms with E-state index in [2.05, 4.69) is 5.32 Å². The Bertz CT molecular complexity index is 460. The molecule has 0 aromatic heterocycles. The number of carbonyl (C=O) groups excluding carboxylic acids is 1. The third-order valence-electron chi connectivity index (χ3n) is 3.21. The van der Waals surface area contributed by atoms with Gasteiger partial charge in [0.05, 0.1) is 7.11 Å². The number of nitrogens with two attached hydrogens (primary N) is 1. The number of ether oxygens (including phenoxy) is 2. The van der Waals surface area contributed by atoms with Crippen molar-refractivity contribution < 1.29 is 14.3 Å². The Hall–Kier alpha value is -1.75. The lowest BCUT2D eigenvalue weighted by Gasteiger charge is -2.27. The first-order chi connectivity index (χ1) is 9.03. The highest BCUT2D eigenvalue weighted by molar-refractivity contribution is 5.84. The van der Waals surface area contributed by atoms with Gasteiger partial charge in [-0.3, -0.25) is 10.1 Å². The first-order valence-corrected chi connectivity index (χ1v) is 6.38. The minimum atomic E-state index is -0.843. The van der Waals surface area contributed by atoms with Crippen LogP contribution in [-0.4, -0.2) is 31.2 Å². The van der Waals surface area contributed by atoms with Crippen molar-refractivity contribution in [1.82, 2.24) is 5.32 Å². The van der Waals surface area contributed by atoms with E-state index in [4.69, 9.17) is 15.2 Å². The fourth-order valence-electron chi connectivity index (χ4n) is 1.78. The van der Waals surface area contributed by atoms with Crippen LogP contribution in [0.15, 0.2) is 24.3 Å². The van der Waals surface area contributed by atoms with Crippen LogP contribution in [0, 0.1) is 0 Å². The SMILES string of the molecule is COc1cccc(OCC(C)(NC2CC2)C(N)=O)c1. The summed E-state index contributed by atoms with van der Waals surface area (Å²) >= 11 is 0. The summed E-state index contributed by atoms with van der Waals surface area (Å²) in [4.78, 5) is 11.6. The smallest absolute Gasteiger partial charge is 0.240 e. The molecule has 0 bridgehead atoms. The molecule has 1 aliphatic rings. The molecular formula is C14H20N2O3. The number of primary amides is 1. The maximum absolute atomic E-state index is 11.6. The summed E-state index contributed by atoms with van der Waals surface area (Å²) < 4.78 is 10.8. The topological polar surface area (TPSA) is 73.6 Å². The van der Waals surface area contributed by atoms with Gasteiger partial charge in [-0.05, 0) is 31.9 Å². The minimum Gasteiger partial charge on any atom is -0.497 e. The van der Waals surface area contributed by atoms with E-state index in [9.17, 15) is 4.79 Å². The van der Waals surface area contributed by atoms with Crippen molar-refractivity contribution in [1.29, 1.82) is 0 Å². The minimum absolute atomic E-state index is 0.200. The summed E-state index contributed by atoms with van der Waals surface area (Å²) in [5, 5.41) is 3.23. The molecule has 1 unspecified atom stereocenters. The molecule has 0 saturated heterocycles. The lowest BCUT2D eigenvalue weighted by molar-refractivity contribution is -0.125. The molecule has 5 heteroatoms. The molecule has 0 radical (unpaired) electrons. The van der Waals surface area contributed by atoms with E-state index >= 15 is 0 Å². The van der Waals surface area contributed by atoms with Crippen LogP contribution >= 0.6 is 0 Å². The van der Waals surface area contributed by atoms with Crippen LogP contribution < -0.4 is 20.5 Å². The van der Waals surface area contributed by atoms with Crippen molar-refractivity contribution in [3.63, 3.8) is 0 Å². The Labute approximate surface area is 113 Å². The number of hydrogen-bond donors (Lipinski definition) is 2. The van der Waals surface area contributed by atoms with Crippen molar-refractivity contribution in [3.05, 3.63) is 24.3 Å². The van der Waals surface area contributed by atoms with E-state index in [1.54, 1.807) is 20.1 Å². The first kappa shape index (κ1) is 13.7. The van der Waals surface area contributed by atoms with Crippen molar-refractivity contribution in [2.24, 2.45) is 5.73 Å². The van der Waals surface area contributed by atoms with Crippen molar-refractivity contribution in [3.8, 4) is 11.5 Å². The largest absolute Gasteiger partial charge is 0.497 e. The average molecular weight is 264 g/mol. The van der Waals surface area contributed by atoms with E-state index in [1.165, 1.54) is 0 Å². The Balaban J connectivity index is 1.99. The molecule has 1 aliphatic carbocycles. The summed E-state index contributed by atoms with van der Waals surface area (Å²) in [6, 6.07) is 7.65. The maximum atomic E-state index is 11.6. The van der Waals surface area contributed by atoms with Crippen LogP contribution in [0.25, 0.3) is 0 Å². The van der Waals surface area contributed by atoms with Gasteiger partial charge in [-0.25, -0.2) is 0 Å². The van der Waals surface area contributed by atoms with Gasteiger partial charge in [-0.1, -0.05) is 6.07 Å². The molecular weight excluding hydrogens is 244 g/mol. The molecule has 104 valence electrons. The molecule has 1 amide bonds. The van der Waals surface area contributed by atoms with Crippen molar-refractivity contribution in [2.45, 2.75) is 31.3 Å². The highest BCUT2D eigenvalue weighted by atomic mass is 16.5. The van der Waals surface area contributed by atoms with E-state index in [-0.39, 0.29) is 6.61 Å². The van der Waals surface area contributed by atoms with Crippen molar-refractivity contribution in [2.75, 3.05) is 13.7 Å². The molecule has 5 nitrogen and oxygen atoms in total. The average Bonchev–Trinajstić information content (AvgIpc) is 3.20. The number of amides is 1. The molecule has 1 aromatic rings. The number of hydrogen-bond acceptors (Lipinski definition) is 4.